The van der Waals surface area contributed by atoms with Crippen molar-refractivity contribution in [2.24, 2.45) is 11.3 Å². The van der Waals surface area contributed by atoms with Crippen LogP contribution < -0.4 is 10.9 Å². The fraction of sp³-hybridized carbons (Fsp3) is 0.333. The van der Waals surface area contributed by atoms with Crippen molar-refractivity contribution in [3.8, 4) is 5.75 Å². The van der Waals surface area contributed by atoms with Gasteiger partial charge in [0, 0.05) is 43.9 Å². The molecular weight excluding hydrogens is 496 g/mol. The van der Waals surface area contributed by atoms with Crippen LogP contribution in [-0.4, -0.2) is 57.0 Å². The average Bonchev–Trinajstić information content (AvgIpc) is 2.92. The number of imide groups is 2. The van der Waals surface area contributed by atoms with Gasteiger partial charge in [0.15, 0.2) is 0 Å². The number of pyridine rings is 1. The van der Waals surface area contributed by atoms with Gasteiger partial charge in [-0.1, -0.05) is 48.5 Å². The maximum absolute atomic E-state index is 14.2. The number of phenols is 1. The molecule has 3 aromatic rings. The summed E-state index contributed by atoms with van der Waals surface area (Å²) in [6, 6.07) is 20.3. The average molecular weight is 527 g/mol. The molecule has 0 spiro atoms. The molecule has 2 saturated heterocycles. The summed E-state index contributed by atoms with van der Waals surface area (Å²) in [5, 5.41) is 12.3. The lowest BCUT2D eigenvalue weighted by atomic mass is 9.75. The number of benzene rings is 2. The molecule has 6 rings (SSSR count). The molecule has 1 aromatic heterocycles. The minimum Gasteiger partial charge on any atom is -0.508 e. The second-order valence-corrected chi connectivity index (χ2v) is 11.0. The van der Waals surface area contributed by atoms with Crippen LogP contribution in [0.5, 0.6) is 5.75 Å². The van der Waals surface area contributed by atoms with E-state index in [1.165, 1.54) is 12.1 Å². The molecule has 200 valence electrons. The fourth-order valence-electron chi connectivity index (χ4n) is 6.46. The lowest BCUT2D eigenvalue weighted by Gasteiger charge is -2.47. The summed E-state index contributed by atoms with van der Waals surface area (Å²) in [4.78, 5) is 56.6. The van der Waals surface area contributed by atoms with Crippen LogP contribution in [0.2, 0.25) is 0 Å². The number of hydrogen-bond donors (Lipinski definition) is 2. The van der Waals surface area contributed by atoms with Crippen molar-refractivity contribution in [1.82, 2.24) is 19.7 Å². The van der Waals surface area contributed by atoms with Gasteiger partial charge in [0.05, 0.1) is 6.54 Å². The zero-order valence-corrected chi connectivity index (χ0v) is 21.5. The van der Waals surface area contributed by atoms with Crippen molar-refractivity contribution in [3.05, 3.63) is 100.0 Å². The molecule has 4 heterocycles. The van der Waals surface area contributed by atoms with Gasteiger partial charge in [-0.25, -0.2) is 4.79 Å². The molecule has 2 fully saturated rings. The highest BCUT2D eigenvalue weighted by atomic mass is 16.3. The van der Waals surface area contributed by atoms with E-state index in [1.807, 2.05) is 41.0 Å². The van der Waals surface area contributed by atoms with Crippen LogP contribution in [0.1, 0.15) is 29.2 Å². The summed E-state index contributed by atoms with van der Waals surface area (Å²) >= 11 is 0. The van der Waals surface area contributed by atoms with Crippen molar-refractivity contribution < 1.29 is 19.5 Å². The maximum atomic E-state index is 14.2. The normalized spacial score (nSPS) is 24.8. The van der Waals surface area contributed by atoms with E-state index in [0.29, 0.717) is 25.2 Å². The number of phenolic OH excluding ortho intramolecular Hbond substituents is 1. The van der Waals surface area contributed by atoms with Gasteiger partial charge in [0.1, 0.15) is 11.2 Å². The first-order valence-corrected chi connectivity index (χ1v) is 13.2. The Morgan fingerprint density at radius 2 is 1.62 bits per heavy atom. The number of piperidine rings is 1. The second-order valence-electron chi connectivity index (χ2n) is 11.0. The molecule has 3 atom stereocenters. The number of aromatic hydroxyl groups is 1. The summed E-state index contributed by atoms with van der Waals surface area (Å²) in [7, 11) is 0. The molecule has 9 heteroatoms. The zero-order valence-electron chi connectivity index (χ0n) is 21.5. The molecule has 39 heavy (non-hydrogen) atoms. The third-order valence-electron chi connectivity index (χ3n) is 8.23. The van der Waals surface area contributed by atoms with E-state index in [1.54, 1.807) is 24.3 Å². The predicted molar refractivity (Wildman–Crippen MR) is 143 cm³/mol. The molecule has 2 N–H and O–H groups in total. The first-order chi connectivity index (χ1) is 18.8. The lowest BCUT2D eigenvalue weighted by Crippen LogP contribution is -2.67. The smallest absolute Gasteiger partial charge is 0.331 e. The van der Waals surface area contributed by atoms with Crippen LogP contribution >= 0.6 is 0 Å². The Morgan fingerprint density at radius 1 is 0.846 bits per heavy atom. The molecule has 0 saturated carbocycles. The molecule has 3 aliphatic rings. The van der Waals surface area contributed by atoms with Gasteiger partial charge < -0.3 is 14.6 Å². The molecular formula is C30H30N4O5. The van der Waals surface area contributed by atoms with Crippen LogP contribution in [0, 0.1) is 11.3 Å². The number of urea groups is 1. The van der Waals surface area contributed by atoms with Gasteiger partial charge in [0.2, 0.25) is 11.8 Å². The van der Waals surface area contributed by atoms with Crippen molar-refractivity contribution in [3.63, 3.8) is 0 Å². The van der Waals surface area contributed by atoms with Crippen molar-refractivity contribution in [1.29, 1.82) is 0 Å². The van der Waals surface area contributed by atoms with Gasteiger partial charge >= 0.3 is 6.03 Å². The minimum absolute atomic E-state index is 0.00338. The first-order valence-electron chi connectivity index (χ1n) is 13.2. The van der Waals surface area contributed by atoms with E-state index in [0.717, 1.165) is 22.6 Å². The number of amides is 4. The van der Waals surface area contributed by atoms with Gasteiger partial charge in [-0.2, -0.15) is 0 Å². The molecule has 0 radical (unpaired) electrons. The Labute approximate surface area is 225 Å². The van der Waals surface area contributed by atoms with E-state index in [2.05, 4.69) is 10.2 Å². The second kappa shape index (κ2) is 9.81. The van der Waals surface area contributed by atoms with Crippen LogP contribution in [0.3, 0.4) is 0 Å². The van der Waals surface area contributed by atoms with E-state index in [4.69, 9.17) is 0 Å². The van der Waals surface area contributed by atoms with Crippen LogP contribution in [0.4, 0.5) is 4.79 Å². The summed E-state index contributed by atoms with van der Waals surface area (Å²) < 4.78 is 1.85. The molecule has 1 unspecified atom stereocenters. The summed E-state index contributed by atoms with van der Waals surface area (Å²) in [5.74, 6) is -0.722. The van der Waals surface area contributed by atoms with Gasteiger partial charge in [-0.05, 0) is 48.1 Å². The Bertz CT molecular complexity index is 1490. The highest BCUT2D eigenvalue weighted by Gasteiger charge is 2.55. The molecule has 4 amide bonds. The Balaban J connectivity index is 1.35. The van der Waals surface area contributed by atoms with Crippen molar-refractivity contribution >= 4 is 17.8 Å². The number of carbonyl (C=O) groups excluding carboxylic acids is 3. The van der Waals surface area contributed by atoms with Gasteiger partial charge in [0.25, 0.3) is 5.56 Å². The van der Waals surface area contributed by atoms with E-state index >= 15 is 0 Å². The number of likely N-dealkylation sites (tertiary alicyclic amines) is 1. The van der Waals surface area contributed by atoms with Crippen molar-refractivity contribution in [2.45, 2.75) is 31.8 Å². The molecule has 3 aliphatic heterocycles. The first kappa shape index (κ1) is 25.1. The number of nitrogens with zero attached hydrogens (tertiary/aromatic N) is 3. The third-order valence-corrected chi connectivity index (χ3v) is 8.23. The number of rotatable bonds is 6. The Hall–Kier alpha value is -4.24. The van der Waals surface area contributed by atoms with E-state index < -0.39 is 23.3 Å². The fourth-order valence-corrected chi connectivity index (χ4v) is 6.46. The van der Waals surface area contributed by atoms with Crippen LogP contribution in [0.25, 0.3) is 0 Å². The van der Waals surface area contributed by atoms with Crippen LogP contribution in [-0.2, 0) is 29.1 Å². The molecule has 0 aliphatic carbocycles. The predicted octanol–water partition coefficient (Wildman–Crippen LogP) is 2.48. The largest absolute Gasteiger partial charge is 0.508 e. The maximum Gasteiger partial charge on any atom is 0.331 e. The zero-order chi connectivity index (χ0) is 27.1. The Kier molecular flexibility index (Phi) is 6.31. The number of fused-ring (bicyclic) bond motifs is 4. The van der Waals surface area contributed by atoms with Crippen molar-refractivity contribution in [2.75, 3.05) is 19.6 Å². The van der Waals surface area contributed by atoms with E-state index in [-0.39, 0.29) is 42.7 Å². The monoisotopic (exact) mass is 526 g/mol. The minimum atomic E-state index is -1.54. The topological polar surface area (TPSA) is 112 Å². The van der Waals surface area contributed by atoms with Gasteiger partial charge in [-0.3, -0.25) is 24.6 Å². The summed E-state index contributed by atoms with van der Waals surface area (Å²) in [6.07, 6.45) is 1.03. The number of barbiturate groups is 1. The quantitative estimate of drug-likeness (QED) is 0.478. The van der Waals surface area contributed by atoms with Gasteiger partial charge in [-0.15, -0.1) is 0 Å². The number of nitrogens with one attached hydrogen (secondary N) is 1. The molecule has 2 aromatic carbocycles. The highest BCUT2D eigenvalue weighted by molar-refractivity contribution is 6.19. The standard InChI is InChI=1S/C30H30N4O5/c35-24-11-9-20(10-12-24)14-30(27(37)31-29(39)34(28(30)38)16-21-5-2-1-3-6-21)19-32-15-22-13-23(18-32)25-7-4-8-26(36)33(25)17-22/h1-12,22-23,35H,13-19H2,(H,31,37,39)/t22-,23+,30?/m1/s1. The SMILES string of the molecule is O=C1NC(=O)C(Cc2ccc(O)cc2)(CN2C[C@H]3C[C@@H](C2)c2cccc(=O)n2C3)C(=O)N1Cc1ccccc1. The lowest BCUT2D eigenvalue weighted by molar-refractivity contribution is -0.154. The number of aromatic nitrogens is 1. The number of carbonyl (C=O) groups is 3. The van der Waals surface area contributed by atoms with E-state index in [9.17, 15) is 24.3 Å². The molecule has 2 bridgehead atoms. The summed E-state index contributed by atoms with van der Waals surface area (Å²) in [5.41, 5.74) is 0.928. The third kappa shape index (κ3) is 4.63. The number of hydrogen-bond acceptors (Lipinski definition) is 6. The molecule has 9 nitrogen and oxygen atoms in total. The van der Waals surface area contributed by atoms with Crippen LogP contribution in [0.15, 0.2) is 77.6 Å². The summed E-state index contributed by atoms with van der Waals surface area (Å²) in [6.45, 7) is 2.04. The Morgan fingerprint density at radius 3 is 2.38 bits per heavy atom. The highest BCUT2D eigenvalue weighted by Crippen LogP contribution is 2.38.